The van der Waals surface area contributed by atoms with Gasteiger partial charge in [0.1, 0.15) is 6.61 Å². The Labute approximate surface area is 78.8 Å². The predicted octanol–water partition coefficient (Wildman–Crippen LogP) is 2.71. The maximum atomic E-state index is 5.37. The van der Waals surface area contributed by atoms with Gasteiger partial charge in [-0.15, -0.1) is 0 Å². The molecule has 0 spiro atoms. The second-order valence-corrected chi connectivity index (χ2v) is 2.59. The number of hydrogen-bond acceptors (Lipinski definition) is 2. The summed E-state index contributed by atoms with van der Waals surface area (Å²) in [7, 11) is 1.60. The molecular weight excluding hydrogens is 164 g/mol. The van der Waals surface area contributed by atoms with Gasteiger partial charge < -0.3 is 9.47 Å². The Balaban J connectivity index is 2.43. The molecule has 0 aliphatic carbocycles. The lowest BCUT2D eigenvalue weighted by Crippen LogP contribution is -1.94. The average molecular weight is 178 g/mol. The minimum atomic E-state index is 0.550. The van der Waals surface area contributed by atoms with Gasteiger partial charge in [-0.25, -0.2) is 0 Å². The topological polar surface area (TPSA) is 18.5 Å². The molecule has 0 radical (unpaired) electrons. The van der Waals surface area contributed by atoms with E-state index in [1.54, 1.807) is 13.2 Å². The highest BCUT2D eigenvalue weighted by Crippen LogP contribution is 2.05. The first-order chi connectivity index (χ1) is 6.36. The van der Waals surface area contributed by atoms with E-state index in [4.69, 9.17) is 9.47 Å². The van der Waals surface area contributed by atoms with Crippen molar-refractivity contribution in [3.63, 3.8) is 0 Å². The first-order valence-corrected chi connectivity index (χ1v) is 4.24. The standard InChI is InChI=1S/C11H14O2/c1-3-11(12-2)13-9-10-7-5-4-6-8-10/h3-8H,9H2,1-2H3/b11-3+. The smallest absolute Gasteiger partial charge is 0.274 e. The van der Waals surface area contributed by atoms with Crippen LogP contribution in [0.1, 0.15) is 12.5 Å². The van der Waals surface area contributed by atoms with Gasteiger partial charge in [0.15, 0.2) is 0 Å². The van der Waals surface area contributed by atoms with Crippen LogP contribution in [0.4, 0.5) is 0 Å². The van der Waals surface area contributed by atoms with Crippen LogP contribution in [0.15, 0.2) is 42.4 Å². The Bertz CT molecular complexity index is 265. The molecular formula is C11H14O2. The first kappa shape index (κ1) is 9.65. The van der Waals surface area contributed by atoms with Crippen LogP contribution in [0.25, 0.3) is 0 Å². The molecule has 0 aromatic heterocycles. The molecule has 0 amide bonds. The van der Waals surface area contributed by atoms with Crippen molar-refractivity contribution in [1.82, 2.24) is 0 Å². The summed E-state index contributed by atoms with van der Waals surface area (Å²) >= 11 is 0. The van der Waals surface area contributed by atoms with Crippen LogP contribution in [0.5, 0.6) is 0 Å². The summed E-state index contributed by atoms with van der Waals surface area (Å²) in [5.41, 5.74) is 1.14. The summed E-state index contributed by atoms with van der Waals surface area (Å²) in [6.45, 7) is 2.43. The molecule has 0 fully saturated rings. The highest BCUT2D eigenvalue weighted by atomic mass is 16.7. The van der Waals surface area contributed by atoms with Crippen molar-refractivity contribution in [2.75, 3.05) is 7.11 Å². The molecule has 2 nitrogen and oxygen atoms in total. The number of hydrogen-bond donors (Lipinski definition) is 0. The second kappa shape index (κ2) is 5.25. The third kappa shape index (κ3) is 3.20. The van der Waals surface area contributed by atoms with Gasteiger partial charge >= 0.3 is 0 Å². The van der Waals surface area contributed by atoms with Crippen molar-refractivity contribution in [2.45, 2.75) is 13.5 Å². The molecule has 2 heteroatoms. The molecule has 70 valence electrons. The van der Waals surface area contributed by atoms with Crippen LogP contribution in [0, 0.1) is 0 Å². The van der Waals surface area contributed by atoms with E-state index in [0.717, 1.165) is 5.56 Å². The monoisotopic (exact) mass is 178 g/mol. The van der Waals surface area contributed by atoms with E-state index < -0.39 is 0 Å². The van der Waals surface area contributed by atoms with Crippen molar-refractivity contribution >= 4 is 0 Å². The molecule has 0 N–H and O–H groups in total. The van der Waals surface area contributed by atoms with Gasteiger partial charge in [0.05, 0.1) is 7.11 Å². The van der Waals surface area contributed by atoms with Gasteiger partial charge in [0.25, 0.3) is 5.95 Å². The molecule has 0 heterocycles. The minimum Gasteiger partial charge on any atom is -0.469 e. The Kier molecular flexibility index (Phi) is 3.89. The number of benzene rings is 1. The lowest BCUT2D eigenvalue weighted by molar-refractivity contribution is 0.0523. The molecule has 1 aromatic carbocycles. The zero-order valence-corrected chi connectivity index (χ0v) is 7.99. The molecule has 1 aromatic rings. The number of allylic oxidation sites excluding steroid dienone is 1. The number of rotatable bonds is 4. The molecule has 0 saturated heterocycles. The van der Waals surface area contributed by atoms with Crippen LogP contribution in [0.3, 0.4) is 0 Å². The van der Waals surface area contributed by atoms with E-state index in [2.05, 4.69) is 0 Å². The number of ether oxygens (including phenoxy) is 2. The zero-order valence-electron chi connectivity index (χ0n) is 7.99. The van der Waals surface area contributed by atoms with Gasteiger partial charge in [-0.1, -0.05) is 30.3 Å². The van der Waals surface area contributed by atoms with Crippen molar-refractivity contribution in [1.29, 1.82) is 0 Å². The van der Waals surface area contributed by atoms with Gasteiger partial charge in [-0.05, 0) is 18.6 Å². The lowest BCUT2D eigenvalue weighted by Gasteiger charge is -2.07. The summed E-state index contributed by atoms with van der Waals surface area (Å²) in [5, 5.41) is 0. The van der Waals surface area contributed by atoms with Crippen molar-refractivity contribution in [3.8, 4) is 0 Å². The summed E-state index contributed by atoms with van der Waals surface area (Å²) < 4.78 is 10.3. The fourth-order valence-electron chi connectivity index (χ4n) is 0.989. The Morgan fingerprint density at radius 3 is 2.54 bits per heavy atom. The maximum Gasteiger partial charge on any atom is 0.274 e. The molecule has 0 aliphatic rings. The van der Waals surface area contributed by atoms with E-state index in [1.807, 2.05) is 37.3 Å². The molecule has 0 aliphatic heterocycles. The third-order valence-corrected chi connectivity index (χ3v) is 1.66. The molecule has 0 saturated carbocycles. The van der Waals surface area contributed by atoms with Crippen LogP contribution >= 0.6 is 0 Å². The first-order valence-electron chi connectivity index (χ1n) is 4.24. The van der Waals surface area contributed by atoms with Crippen molar-refractivity contribution < 1.29 is 9.47 Å². The van der Waals surface area contributed by atoms with Gasteiger partial charge in [0, 0.05) is 0 Å². The molecule has 1 rings (SSSR count). The summed E-state index contributed by atoms with van der Waals surface area (Å²) in [6, 6.07) is 9.99. The Hall–Kier alpha value is -1.44. The highest BCUT2D eigenvalue weighted by Gasteiger charge is 1.95. The molecule has 0 atom stereocenters. The zero-order chi connectivity index (χ0) is 9.52. The normalized spacial score (nSPS) is 11.1. The number of methoxy groups -OCH3 is 1. The van der Waals surface area contributed by atoms with Crippen molar-refractivity contribution in [3.05, 3.63) is 47.9 Å². The van der Waals surface area contributed by atoms with E-state index in [9.17, 15) is 0 Å². The molecule has 0 bridgehead atoms. The van der Waals surface area contributed by atoms with Gasteiger partial charge in [0.2, 0.25) is 0 Å². The third-order valence-electron chi connectivity index (χ3n) is 1.66. The lowest BCUT2D eigenvalue weighted by atomic mass is 10.2. The average Bonchev–Trinajstić information content (AvgIpc) is 2.21. The quantitative estimate of drug-likeness (QED) is 0.660. The predicted molar refractivity (Wildman–Crippen MR) is 52.0 cm³/mol. The van der Waals surface area contributed by atoms with E-state index >= 15 is 0 Å². The van der Waals surface area contributed by atoms with E-state index in [-0.39, 0.29) is 0 Å². The summed E-state index contributed by atoms with van der Waals surface area (Å²) in [4.78, 5) is 0. The highest BCUT2D eigenvalue weighted by molar-refractivity contribution is 5.13. The van der Waals surface area contributed by atoms with Crippen LogP contribution < -0.4 is 0 Å². The molecule has 0 unspecified atom stereocenters. The minimum absolute atomic E-state index is 0.550. The van der Waals surface area contributed by atoms with Crippen LogP contribution in [-0.4, -0.2) is 7.11 Å². The van der Waals surface area contributed by atoms with Gasteiger partial charge in [-0.3, -0.25) is 0 Å². The van der Waals surface area contributed by atoms with E-state index in [1.165, 1.54) is 0 Å². The van der Waals surface area contributed by atoms with Gasteiger partial charge in [-0.2, -0.15) is 0 Å². The van der Waals surface area contributed by atoms with Crippen LogP contribution in [0.2, 0.25) is 0 Å². The summed E-state index contributed by atoms with van der Waals surface area (Å²) in [5.74, 6) is 0.559. The van der Waals surface area contributed by atoms with E-state index in [0.29, 0.717) is 12.6 Å². The fraction of sp³-hybridized carbons (Fsp3) is 0.273. The SMILES string of the molecule is C/C=C(\OC)OCc1ccccc1. The van der Waals surface area contributed by atoms with Crippen LogP contribution in [-0.2, 0) is 16.1 Å². The Morgan fingerprint density at radius 1 is 1.31 bits per heavy atom. The Morgan fingerprint density at radius 2 is 2.00 bits per heavy atom. The molecule has 13 heavy (non-hydrogen) atoms. The summed E-state index contributed by atoms with van der Waals surface area (Å²) in [6.07, 6.45) is 1.79. The van der Waals surface area contributed by atoms with Crippen molar-refractivity contribution in [2.24, 2.45) is 0 Å². The maximum absolute atomic E-state index is 5.37. The fourth-order valence-corrected chi connectivity index (χ4v) is 0.989. The largest absolute Gasteiger partial charge is 0.469 e. The second-order valence-electron chi connectivity index (χ2n) is 2.59.